The van der Waals surface area contributed by atoms with Crippen LogP contribution in [0.3, 0.4) is 0 Å². The molecule has 0 fully saturated rings. The lowest BCUT2D eigenvalue weighted by molar-refractivity contribution is -0.384. The van der Waals surface area contributed by atoms with Crippen molar-refractivity contribution in [3.63, 3.8) is 0 Å². The molecule has 34 heavy (non-hydrogen) atoms. The van der Waals surface area contributed by atoms with Gasteiger partial charge in [-0.1, -0.05) is 12.1 Å². The van der Waals surface area contributed by atoms with Crippen LogP contribution in [0.1, 0.15) is 23.4 Å². The van der Waals surface area contributed by atoms with E-state index >= 15 is 0 Å². The first-order valence-corrected chi connectivity index (χ1v) is 10.2. The van der Waals surface area contributed by atoms with Crippen LogP contribution < -0.4 is 15.6 Å². The third-order valence-corrected chi connectivity index (χ3v) is 4.63. The molecule has 0 amide bonds. The van der Waals surface area contributed by atoms with Crippen LogP contribution in [0.4, 0.5) is 10.5 Å². The number of carbonyl (C=O) groups excluding carboxylic acids is 1. The second kappa shape index (κ2) is 10.6. The summed E-state index contributed by atoms with van der Waals surface area (Å²) in [5, 5.41) is 19.3. The van der Waals surface area contributed by atoms with Crippen LogP contribution in [0.25, 0.3) is 0 Å². The first kappa shape index (κ1) is 22.3. The zero-order chi connectivity index (χ0) is 23.8. The Morgan fingerprint density at radius 2 is 1.71 bits per heavy atom. The predicted molar refractivity (Wildman–Crippen MR) is 121 cm³/mol. The van der Waals surface area contributed by atoms with Crippen LogP contribution in [0.15, 0.2) is 77.2 Å². The molecular weight excluding hydrogens is 442 g/mol. The van der Waals surface area contributed by atoms with Crippen molar-refractivity contribution in [2.45, 2.75) is 12.8 Å². The number of nitrogens with zero attached hydrogens (tertiary/aromatic N) is 5. The average molecular weight is 461 g/mol. The Balaban J connectivity index is 1.27. The number of pyridine rings is 2. The molecule has 0 radical (unpaired) electrons. The van der Waals surface area contributed by atoms with Crippen LogP contribution in [0.2, 0.25) is 0 Å². The number of hydrazone groups is 2. The van der Waals surface area contributed by atoms with Crippen LogP contribution in [0, 0.1) is 10.1 Å². The van der Waals surface area contributed by atoms with Gasteiger partial charge in [0, 0.05) is 24.5 Å². The number of hydrogen-bond donors (Lipinski definition) is 2. The molecule has 0 unspecified atom stereocenters. The van der Waals surface area contributed by atoms with Crippen molar-refractivity contribution in [1.29, 1.82) is 0 Å². The van der Waals surface area contributed by atoms with E-state index in [0.717, 1.165) is 5.56 Å². The number of aromatic nitrogens is 2. The van der Waals surface area contributed by atoms with Gasteiger partial charge < -0.3 is 9.47 Å². The topological polar surface area (TPSA) is 153 Å². The third-order valence-electron chi connectivity index (χ3n) is 4.63. The maximum atomic E-state index is 11.9. The highest BCUT2D eigenvalue weighted by Crippen LogP contribution is 2.18. The van der Waals surface area contributed by atoms with E-state index in [9.17, 15) is 14.9 Å². The standard InChI is InChI=1S/C22H19N7O5/c30-22(34-17-10-8-16(9-11-17)29(31)32)33-14-4-6-15-5-3-13-24-19(15)21-27-25-20(26-28-21)18-7-1-2-12-23-18/h1-3,5,7-13H,4,6,14H2,(H,25,26)(H,27,28). The lowest BCUT2D eigenvalue weighted by Gasteiger charge is -2.16. The molecular formula is C22H19N7O5. The summed E-state index contributed by atoms with van der Waals surface area (Å²) in [5.41, 5.74) is 7.83. The summed E-state index contributed by atoms with van der Waals surface area (Å²) in [6, 6.07) is 14.3. The number of nitro benzene ring substituents is 1. The molecule has 1 aromatic carbocycles. The second-order valence-corrected chi connectivity index (χ2v) is 6.93. The first-order chi connectivity index (χ1) is 16.6. The minimum absolute atomic E-state index is 0.0982. The number of non-ortho nitro benzene ring substituents is 1. The van der Waals surface area contributed by atoms with Crippen molar-refractivity contribution >= 4 is 23.5 Å². The number of carbonyl (C=O) groups is 1. The fourth-order valence-corrected chi connectivity index (χ4v) is 3.02. The number of benzene rings is 1. The Hall–Kier alpha value is -4.87. The van der Waals surface area contributed by atoms with Gasteiger partial charge in [-0.2, -0.15) is 10.2 Å². The molecule has 0 bridgehead atoms. The highest BCUT2D eigenvalue weighted by atomic mass is 16.7. The van der Waals surface area contributed by atoms with Crippen molar-refractivity contribution in [3.8, 4) is 5.75 Å². The Morgan fingerprint density at radius 3 is 2.41 bits per heavy atom. The summed E-state index contributed by atoms with van der Waals surface area (Å²) in [7, 11) is 0. The van der Waals surface area contributed by atoms with Crippen molar-refractivity contribution in [1.82, 2.24) is 20.8 Å². The van der Waals surface area contributed by atoms with E-state index < -0.39 is 11.1 Å². The summed E-state index contributed by atoms with van der Waals surface area (Å²) in [6.07, 6.45) is 3.50. The van der Waals surface area contributed by atoms with Crippen molar-refractivity contribution in [3.05, 3.63) is 94.1 Å². The molecule has 0 atom stereocenters. The van der Waals surface area contributed by atoms with E-state index in [1.54, 1.807) is 12.4 Å². The molecule has 1 aliphatic heterocycles. The molecule has 0 saturated carbocycles. The van der Waals surface area contributed by atoms with Gasteiger partial charge in [0.05, 0.1) is 11.5 Å². The summed E-state index contributed by atoms with van der Waals surface area (Å²) >= 11 is 0. The van der Waals surface area contributed by atoms with Crippen LogP contribution in [0.5, 0.6) is 5.75 Å². The van der Waals surface area contributed by atoms with Crippen molar-refractivity contribution < 1.29 is 19.2 Å². The number of hydrogen-bond acceptors (Lipinski definition) is 11. The van der Waals surface area contributed by atoms with E-state index in [2.05, 4.69) is 31.0 Å². The van der Waals surface area contributed by atoms with Gasteiger partial charge in [0.1, 0.15) is 17.1 Å². The molecule has 0 saturated heterocycles. The van der Waals surface area contributed by atoms with E-state index in [1.165, 1.54) is 24.3 Å². The normalized spacial score (nSPS) is 12.5. The second-order valence-electron chi connectivity index (χ2n) is 6.93. The highest BCUT2D eigenvalue weighted by Gasteiger charge is 2.16. The predicted octanol–water partition coefficient (Wildman–Crippen LogP) is 2.75. The zero-order valence-corrected chi connectivity index (χ0v) is 17.7. The Kier molecular flexibility index (Phi) is 6.98. The van der Waals surface area contributed by atoms with Gasteiger partial charge in [0.2, 0.25) is 0 Å². The largest absolute Gasteiger partial charge is 0.513 e. The number of aryl methyl sites for hydroxylation is 1. The minimum atomic E-state index is -0.890. The summed E-state index contributed by atoms with van der Waals surface area (Å²) in [6.45, 7) is 0.111. The van der Waals surface area contributed by atoms with Gasteiger partial charge >= 0.3 is 6.16 Å². The molecule has 12 nitrogen and oxygen atoms in total. The summed E-state index contributed by atoms with van der Waals surface area (Å²) in [5.74, 6) is 1.10. The van der Waals surface area contributed by atoms with E-state index in [1.807, 2.05) is 30.3 Å². The lowest BCUT2D eigenvalue weighted by atomic mass is 10.1. The molecule has 1 aliphatic rings. The molecule has 4 rings (SSSR count). The fraction of sp³-hybridized carbons (Fsp3) is 0.136. The molecule has 2 aromatic heterocycles. The zero-order valence-electron chi connectivity index (χ0n) is 17.7. The average Bonchev–Trinajstić information content (AvgIpc) is 2.88. The van der Waals surface area contributed by atoms with Crippen LogP contribution in [-0.2, 0) is 11.2 Å². The van der Waals surface area contributed by atoms with Crippen LogP contribution in [-0.4, -0.2) is 39.3 Å². The van der Waals surface area contributed by atoms with Gasteiger partial charge in [0.15, 0.2) is 11.7 Å². The summed E-state index contributed by atoms with van der Waals surface area (Å²) in [4.78, 5) is 30.6. The van der Waals surface area contributed by atoms with Crippen molar-refractivity contribution in [2.75, 3.05) is 6.61 Å². The quantitative estimate of drug-likeness (QED) is 0.169. The monoisotopic (exact) mass is 461 g/mol. The highest BCUT2D eigenvalue weighted by molar-refractivity contribution is 6.04. The van der Waals surface area contributed by atoms with Gasteiger partial charge in [-0.3, -0.25) is 30.9 Å². The number of amidine groups is 2. The van der Waals surface area contributed by atoms with Gasteiger partial charge in [-0.05, 0) is 48.7 Å². The Labute approximate surface area is 193 Å². The maximum Gasteiger partial charge on any atom is 0.513 e. The molecule has 0 aliphatic carbocycles. The smallest absolute Gasteiger partial charge is 0.434 e. The minimum Gasteiger partial charge on any atom is -0.434 e. The van der Waals surface area contributed by atoms with E-state index in [4.69, 9.17) is 9.47 Å². The molecule has 3 aromatic rings. The molecule has 3 heterocycles. The molecule has 0 spiro atoms. The number of nitro groups is 1. The molecule has 2 N–H and O–H groups in total. The first-order valence-electron chi connectivity index (χ1n) is 10.2. The van der Waals surface area contributed by atoms with Gasteiger partial charge in [-0.25, -0.2) is 4.79 Å². The molecule has 12 heteroatoms. The Bertz CT molecular complexity index is 1230. The van der Waals surface area contributed by atoms with E-state index in [-0.39, 0.29) is 18.0 Å². The fourth-order valence-electron chi connectivity index (χ4n) is 3.02. The molecule has 172 valence electrons. The van der Waals surface area contributed by atoms with Gasteiger partial charge in [0.25, 0.3) is 5.69 Å². The maximum absolute atomic E-state index is 11.9. The number of nitrogens with one attached hydrogen (secondary N) is 2. The third kappa shape index (κ3) is 5.68. The van der Waals surface area contributed by atoms with E-state index in [0.29, 0.717) is 35.9 Å². The Morgan fingerprint density at radius 1 is 0.941 bits per heavy atom. The van der Waals surface area contributed by atoms with Crippen molar-refractivity contribution in [2.24, 2.45) is 10.2 Å². The SMILES string of the molecule is O=C(OCCCc1cccnc1C1=NNC(c2ccccn2)=NN1)Oc1ccc([N+](=O)[O-])cc1. The number of ether oxygens (including phenoxy) is 2. The summed E-state index contributed by atoms with van der Waals surface area (Å²) < 4.78 is 10.1. The number of rotatable bonds is 8. The van der Waals surface area contributed by atoms with Gasteiger partial charge in [-0.15, -0.1) is 0 Å². The van der Waals surface area contributed by atoms with Crippen LogP contribution >= 0.6 is 0 Å². The lowest BCUT2D eigenvalue weighted by Crippen LogP contribution is -2.36.